The second-order valence-electron chi connectivity index (χ2n) is 4.13. The third-order valence-electron chi connectivity index (χ3n) is 3.22. The number of nitrogens with one attached hydrogen (secondary N) is 1. The van der Waals surface area contributed by atoms with E-state index < -0.39 is 0 Å². The van der Waals surface area contributed by atoms with Crippen molar-refractivity contribution in [1.29, 1.82) is 0 Å². The van der Waals surface area contributed by atoms with Crippen LogP contribution in [0.1, 0.15) is 10.7 Å². The Labute approximate surface area is 86.6 Å². The number of hydrogen-bond donors (Lipinski definition) is 1. The monoisotopic (exact) mass is 208 g/mol. The lowest BCUT2D eigenvalue weighted by Gasteiger charge is -2.14. The number of likely N-dealkylation sites (tertiary alicyclic amines) is 1. The number of nitrogens with zero attached hydrogens (tertiary/aromatic N) is 3. The number of amides is 1. The maximum atomic E-state index is 11.8. The molecule has 2 saturated heterocycles. The van der Waals surface area contributed by atoms with E-state index in [0.29, 0.717) is 11.8 Å². The highest BCUT2D eigenvalue weighted by Crippen LogP contribution is 2.26. The van der Waals surface area contributed by atoms with Crippen molar-refractivity contribution >= 4 is 5.91 Å². The fraction of sp³-hybridized carbons (Fsp3) is 0.667. The summed E-state index contributed by atoms with van der Waals surface area (Å²) in [5.74, 6) is 1.15. The Hall–Kier alpha value is -1.43. The summed E-state index contributed by atoms with van der Waals surface area (Å²) >= 11 is 0. The molecule has 2 unspecified atom stereocenters. The summed E-state index contributed by atoms with van der Waals surface area (Å²) in [6.45, 7) is 3.63. The van der Waals surface area contributed by atoms with Crippen molar-refractivity contribution in [2.75, 3.05) is 26.2 Å². The molecule has 0 aliphatic carbocycles. The summed E-state index contributed by atoms with van der Waals surface area (Å²) in [5, 5.41) is 6.77. The summed E-state index contributed by atoms with van der Waals surface area (Å²) < 4.78 is 4.76. The van der Waals surface area contributed by atoms with Crippen molar-refractivity contribution in [3.05, 3.63) is 12.2 Å². The molecule has 1 aromatic rings. The quantitative estimate of drug-likeness (QED) is 0.664. The molecule has 3 rings (SSSR count). The summed E-state index contributed by atoms with van der Waals surface area (Å²) in [5.41, 5.74) is 0. The molecule has 15 heavy (non-hydrogen) atoms. The van der Waals surface area contributed by atoms with Crippen molar-refractivity contribution in [2.24, 2.45) is 11.8 Å². The van der Waals surface area contributed by atoms with Gasteiger partial charge in [0, 0.05) is 26.2 Å². The van der Waals surface area contributed by atoms with Crippen LogP contribution >= 0.6 is 0 Å². The van der Waals surface area contributed by atoms with Gasteiger partial charge in [-0.2, -0.15) is 4.98 Å². The average Bonchev–Trinajstić information content (AvgIpc) is 2.92. The first-order valence-corrected chi connectivity index (χ1v) is 5.11. The van der Waals surface area contributed by atoms with Crippen LogP contribution in [-0.2, 0) is 0 Å². The normalized spacial score (nSPS) is 29.5. The number of rotatable bonds is 1. The number of carbonyl (C=O) groups is 1. The molecular formula is C9H12N4O2. The summed E-state index contributed by atoms with van der Waals surface area (Å²) in [7, 11) is 0. The number of carbonyl (C=O) groups excluding carboxylic acids is 1. The SMILES string of the molecule is O=C(c1ncno1)N1CC2CNCC2C1. The molecule has 1 aromatic heterocycles. The highest BCUT2D eigenvalue weighted by atomic mass is 16.5. The van der Waals surface area contributed by atoms with E-state index in [9.17, 15) is 4.79 Å². The first-order valence-electron chi connectivity index (χ1n) is 5.11. The van der Waals surface area contributed by atoms with E-state index in [-0.39, 0.29) is 11.8 Å². The predicted molar refractivity (Wildman–Crippen MR) is 50.1 cm³/mol. The second kappa shape index (κ2) is 3.30. The lowest BCUT2D eigenvalue weighted by atomic mass is 10.0. The van der Waals surface area contributed by atoms with Crippen LogP contribution in [0.15, 0.2) is 10.9 Å². The Morgan fingerprint density at radius 1 is 1.47 bits per heavy atom. The van der Waals surface area contributed by atoms with Crippen molar-refractivity contribution in [1.82, 2.24) is 20.4 Å². The molecule has 3 heterocycles. The zero-order chi connectivity index (χ0) is 10.3. The van der Waals surface area contributed by atoms with Crippen molar-refractivity contribution in [3.8, 4) is 0 Å². The standard InChI is InChI=1S/C9H12N4O2/c14-9(8-11-5-12-15-8)13-3-6-1-10-2-7(6)4-13/h5-7,10H,1-4H2. The number of fused-ring (bicyclic) bond motifs is 1. The van der Waals surface area contributed by atoms with Crippen LogP contribution < -0.4 is 5.32 Å². The minimum absolute atomic E-state index is 0.0999. The minimum Gasteiger partial charge on any atom is -0.334 e. The van der Waals surface area contributed by atoms with Crippen LogP contribution in [0.3, 0.4) is 0 Å². The second-order valence-corrected chi connectivity index (χ2v) is 4.13. The molecule has 1 amide bonds. The van der Waals surface area contributed by atoms with Gasteiger partial charge in [-0.05, 0) is 11.8 Å². The number of hydrogen-bond acceptors (Lipinski definition) is 5. The molecule has 0 spiro atoms. The van der Waals surface area contributed by atoms with Crippen LogP contribution in [0.5, 0.6) is 0 Å². The molecular weight excluding hydrogens is 196 g/mol. The van der Waals surface area contributed by atoms with Crippen LogP contribution in [0.4, 0.5) is 0 Å². The topological polar surface area (TPSA) is 71.3 Å². The lowest BCUT2D eigenvalue weighted by molar-refractivity contribution is 0.0732. The summed E-state index contributed by atoms with van der Waals surface area (Å²) in [6.07, 6.45) is 1.26. The van der Waals surface area contributed by atoms with Crippen LogP contribution in [0, 0.1) is 11.8 Å². The molecule has 80 valence electrons. The van der Waals surface area contributed by atoms with Crippen molar-refractivity contribution in [3.63, 3.8) is 0 Å². The Morgan fingerprint density at radius 3 is 2.80 bits per heavy atom. The zero-order valence-electron chi connectivity index (χ0n) is 8.22. The molecule has 0 saturated carbocycles. The minimum atomic E-state index is -0.137. The molecule has 2 aliphatic rings. The van der Waals surface area contributed by atoms with E-state index in [1.165, 1.54) is 6.33 Å². The maximum Gasteiger partial charge on any atom is 0.315 e. The molecule has 6 nitrogen and oxygen atoms in total. The van der Waals surface area contributed by atoms with Crippen LogP contribution in [0.25, 0.3) is 0 Å². The summed E-state index contributed by atoms with van der Waals surface area (Å²) in [4.78, 5) is 17.4. The molecule has 2 fully saturated rings. The van der Waals surface area contributed by atoms with Gasteiger partial charge in [-0.15, -0.1) is 0 Å². The third kappa shape index (κ3) is 1.41. The van der Waals surface area contributed by atoms with Gasteiger partial charge in [-0.25, -0.2) is 0 Å². The Kier molecular flexibility index (Phi) is 1.95. The van der Waals surface area contributed by atoms with E-state index >= 15 is 0 Å². The van der Waals surface area contributed by atoms with Crippen molar-refractivity contribution in [2.45, 2.75) is 0 Å². The van der Waals surface area contributed by atoms with Crippen LogP contribution in [0.2, 0.25) is 0 Å². The fourth-order valence-electron chi connectivity index (χ4n) is 2.42. The fourth-order valence-corrected chi connectivity index (χ4v) is 2.42. The first kappa shape index (κ1) is 8.84. The highest BCUT2D eigenvalue weighted by molar-refractivity contribution is 5.89. The Morgan fingerprint density at radius 2 is 2.20 bits per heavy atom. The molecule has 2 aliphatic heterocycles. The third-order valence-corrected chi connectivity index (χ3v) is 3.22. The highest BCUT2D eigenvalue weighted by Gasteiger charge is 2.39. The van der Waals surface area contributed by atoms with E-state index in [0.717, 1.165) is 26.2 Å². The average molecular weight is 208 g/mol. The van der Waals surface area contributed by atoms with Gasteiger partial charge < -0.3 is 14.7 Å². The van der Waals surface area contributed by atoms with Gasteiger partial charge in [0.1, 0.15) is 0 Å². The van der Waals surface area contributed by atoms with E-state index in [1.54, 1.807) is 0 Å². The first-order chi connectivity index (χ1) is 7.34. The zero-order valence-corrected chi connectivity index (χ0v) is 8.22. The van der Waals surface area contributed by atoms with Gasteiger partial charge in [-0.3, -0.25) is 4.79 Å². The smallest absolute Gasteiger partial charge is 0.315 e. The molecule has 0 radical (unpaired) electrons. The Balaban J connectivity index is 1.72. The molecule has 2 atom stereocenters. The van der Waals surface area contributed by atoms with E-state index in [1.807, 2.05) is 4.90 Å². The van der Waals surface area contributed by atoms with E-state index in [4.69, 9.17) is 4.52 Å². The van der Waals surface area contributed by atoms with Crippen molar-refractivity contribution < 1.29 is 9.32 Å². The predicted octanol–water partition coefficient (Wildman–Crippen LogP) is -0.639. The van der Waals surface area contributed by atoms with Gasteiger partial charge in [0.15, 0.2) is 6.33 Å². The number of aromatic nitrogens is 2. The molecule has 0 aromatic carbocycles. The van der Waals surface area contributed by atoms with Gasteiger partial charge >= 0.3 is 11.8 Å². The van der Waals surface area contributed by atoms with Crippen LogP contribution in [-0.4, -0.2) is 47.1 Å². The van der Waals surface area contributed by atoms with Gasteiger partial charge in [0.05, 0.1) is 0 Å². The van der Waals surface area contributed by atoms with Gasteiger partial charge in [0.2, 0.25) is 0 Å². The van der Waals surface area contributed by atoms with Gasteiger partial charge in [-0.1, -0.05) is 5.16 Å². The maximum absolute atomic E-state index is 11.8. The lowest BCUT2D eigenvalue weighted by Crippen LogP contribution is -2.32. The molecule has 1 N–H and O–H groups in total. The summed E-state index contributed by atoms with van der Waals surface area (Å²) in [6, 6.07) is 0. The van der Waals surface area contributed by atoms with Gasteiger partial charge in [0.25, 0.3) is 0 Å². The molecule has 6 heteroatoms. The Bertz CT molecular complexity index is 352. The largest absolute Gasteiger partial charge is 0.334 e. The molecule has 0 bridgehead atoms. The van der Waals surface area contributed by atoms with E-state index in [2.05, 4.69) is 15.5 Å².